The Morgan fingerprint density at radius 3 is 2.65 bits per heavy atom. The number of nitrogens with zero attached hydrogens (tertiary/aromatic N) is 3. The van der Waals surface area contributed by atoms with Crippen LogP contribution < -0.4 is 14.2 Å². The van der Waals surface area contributed by atoms with E-state index in [1.807, 2.05) is 42.7 Å². The zero-order chi connectivity index (χ0) is 26.1. The van der Waals surface area contributed by atoms with Gasteiger partial charge in [0.25, 0.3) is 0 Å². The van der Waals surface area contributed by atoms with Crippen molar-refractivity contribution in [3.8, 4) is 17.2 Å². The molecule has 1 aliphatic heterocycles. The lowest BCUT2D eigenvalue weighted by Crippen LogP contribution is -2.37. The molecule has 0 saturated carbocycles. The van der Waals surface area contributed by atoms with Gasteiger partial charge in [0.2, 0.25) is 0 Å². The van der Waals surface area contributed by atoms with Gasteiger partial charge in [-0.05, 0) is 69.0 Å². The number of aryl methyl sites for hydroxylation is 3. The molecule has 2 aromatic carbocycles. The van der Waals surface area contributed by atoms with Crippen molar-refractivity contribution in [2.45, 2.75) is 64.6 Å². The Hall–Kier alpha value is -3.03. The zero-order valence-electron chi connectivity index (χ0n) is 22.5. The second kappa shape index (κ2) is 13.0. The van der Waals surface area contributed by atoms with Crippen molar-refractivity contribution < 1.29 is 19.3 Å². The Labute approximate surface area is 221 Å². The molecule has 1 aromatic heterocycles. The van der Waals surface area contributed by atoms with Crippen molar-refractivity contribution in [1.29, 1.82) is 0 Å². The van der Waals surface area contributed by atoms with E-state index < -0.39 is 5.60 Å². The topological polar surface area (TPSA) is 69.0 Å². The van der Waals surface area contributed by atoms with Gasteiger partial charge < -0.3 is 23.9 Å². The van der Waals surface area contributed by atoms with Gasteiger partial charge in [-0.3, -0.25) is 4.90 Å². The Balaban J connectivity index is 1.25. The monoisotopic (exact) mass is 507 g/mol. The molecule has 7 heteroatoms. The molecule has 0 radical (unpaired) electrons. The fourth-order valence-electron chi connectivity index (χ4n) is 4.85. The molecule has 0 bridgehead atoms. The lowest BCUT2D eigenvalue weighted by molar-refractivity contribution is -0.0168. The van der Waals surface area contributed by atoms with Gasteiger partial charge in [0.15, 0.2) is 11.5 Å². The molecule has 200 valence electrons. The van der Waals surface area contributed by atoms with Gasteiger partial charge in [0.1, 0.15) is 18.2 Å². The first-order chi connectivity index (χ1) is 18.0. The van der Waals surface area contributed by atoms with E-state index in [-0.39, 0.29) is 0 Å². The molecule has 1 fully saturated rings. The SMILES string of the molecule is CCc1nccn1CCCOc1ccc(CN2CCCC(O)(COc3ccc(C)cc3)CC2)cc1OC. The van der Waals surface area contributed by atoms with E-state index in [1.165, 1.54) is 11.1 Å². The van der Waals surface area contributed by atoms with E-state index in [1.54, 1.807) is 7.11 Å². The number of hydrogen-bond acceptors (Lipinski definition) is 6. The third kappa shape index (κ3) is 7.73. The van der Waals surface area contributed by atoms with E-state index in [0.717, 1.165) is 74.9 Å². The minimum atomic E-state index is -0.802. The minimum Gasteiger partial charge on any atom is -0.493 e. The number of imidazole rings is 1. The maximum absolute atomic E-state index is 11.2. The predicted molar refractivity (Wildman–Crippen MR) is 145 cm³/mol. The standard InChI is InChI=1S/C30H41N3O4/c1-4-29-31-15-19-33(29)17-6-20-36-27-12-9-25(21-28(27)35-3)22-32-16-5-13-30(34,14-18-32)23-37-26-10-7-24(2)8-11-26/h7-12,15,19,21,34H,4-6,13-14,16-18,20,22-23H2,1-3H3. The fraction of sp³-hybridized carbons (Fsp3) is 0.500. The van der Waals surface area contributed by atoms with Crippen LogP contribution >= 0.6 is 0 Å². The maximum atomic E-state index is 11.2. The van der Waals surface area contributed by atoms with E-state index >= 15 is 0 Å². The molecule has 1 saturated heterocycles. The van der Waals surface area contributed by atoms with Gasteiger partial charge in [-0.25, -0.2) is 4.98 Å². The first kappa shape index (κ1) is 27.0. The van der Waals surface area contributed by atoms with Crippen LogP contribution in [0.25, 0.3) is 0 Å². The Morgan fingerprint density at radius 2 is 1.86 bits per heavy atom. The highest BCUT2D eigenvalue weighted by Gasteiger charge is 2.31. The quantitative estimate of drug-likeness (QED) is 0.347. The Kier molecular flexibility index (Phi) is 9.47. The van der Waals surface area contributed by atoms with E-state index in [9.17, 15) is 5.11 Å². The number of likely N-dealkylation sites (tertiary alicyclic amines) is 1. The first-order valence-electron chi connectivity index (χ1n) is 13.4. The van der Waals surface area contributed by atoms with Crippen LogP contribution in [0, 0.1) is 6.92 Å². The fourth-order valence-corrected chi connectivity index (χ4v) is 4.85. The number of aromatic nitrogens is 2. The second-order valence-corrected chi connectivity index (χ2v) is 10.0. The molecule has 0 spiro atoms. The van der Waals surface area contributed by atoms with Crippen molar-refractivity contribution in [2.75, 3.05) is 33.4 Å². The second-order valence-electron chi connectivity index (χ2n) is 10.0. The smallest absolute Gasteiger partial charge is 0.161 e. The Morgan fingerprint density at radius 1 is 1.03 bits per heavy atom. The summed E-state index contributed by atoms with van der Waals surface area (Å²) in [5, 5.41) is 11.2. The molecule has 2 heterocycles. The highest BCUT2D eigenvalue weighted by molar-refractivity contribution is 5.43. The lowest BCUT2D eigenvalue weighted by Gasteiger charge is -2.27. The molecule has 1 aliphatic rings. The van der Waals surface area contributed by atoms with Gasteiger partial charge in [-0.2, -0.15) is 0 Å². The summed E-state index contributed by atoms with van der Waals surface area (Å²) >= 11 is 0. The summed E-state index contributed by atoms with van der Waals surface area (Å²) in [5.74, 6) is 3.44. The van der Waals surface area contributed by atoms with Crippen LogP contribution in [-0.4, -0.2) is 58.6 Å². The summed E-state index contributed by atoms with van der Waals surface area (Å²) in [6.45, 7) is 8.58. The highest BCUT2D eigenvalue weighted by atomic mass is 16.5. The van der Waals surface area contributed by atoms with Crippen LogP contribution in [0.1, 0.15) is 49.6 Å². The van der Waals surface area contributed by atoms with Gasteiger partial charge >= 0.3 is 0 Å². The summed E-state index contributed by atoms with van der Waals surface area (Å²) in [6, 6.07) is 14.2. The van der Waals surface area contributed by atoms with E-state index in [4.69, 9.17) is 14.2 Å². The summed E-state index contributed by atoms with van der Waals surface area (Å²) in [7, 11) is 1.69. The molecular weight excluding hydrogens is 466 g/mol. The third-order valence-corrected chi connectivity index (χ3v) is 7.09. The number of methoxy groups -OCH3 is 1. The summed E-state index contributed by atoms with van der Waals surface area (Å²) in [4.78, 5) is 6.77. The van der Waals surface area contributed by atoms with Crippen LogP contribution in [0.2, 0.25) is 0 Å². The maximum Gasteiger partial charge on any atom is 0.161 e. The highest BCUT2D eigenvalue weighted by Crippen LogP contribution is 2.30. The lowest BCUT2D eigenvalue weighted by atomic mass is 9.96. The molecule has 4 rings (SSSR count). The van der Waals surface area contributed by atoms with Gasteiger partial charge in [-0.15, -0.1) is 0 Å². The summed E-state index contributed by atoms with van der Waals surface area (Å²) in [5.41, 5.74) is 1.57. The Bertz CT molecular complexity index is 1110. The molecule has 1 unspecified atom stereocenters. The largest absolute Gasteiger partial charge is 0.493 e. The average molecular weight is 508 g/mol. The van der Waals surface area contributed by atoms with Crippen LogP contribution in [0.3, 0.4) is 0 Å². The summed E-state index contributed by atoms with van der Waals surface area (Å²) in [6.07, 6.45) is 8.07. The van der Waals surface area contributed by atoms with Gasteiger partial charge in [0.05, 0.1) is 19.3 Å². The molecule has 3 aromatic rings. The molecule has 37 heavy (non-hydrogen) atoms. The molecule has 1 atom stereocenters. The molecule has 1 N–H and O–H groups in total. The number of rotatable bonds is 12. The zero-order valence-corrected chi connectivity index (χ0v) is 22.5. The van der Waals surface area contributed by atoms with Crippen LogP contribution in [0.15, 0.2) is 54.9 Å². The molecule has 0 amide bonds. The van der Waals surface area contributed by atoms with Crippen molar-refractivity contribution >= 4 is 0 Å². The van der Waals surface area contributed by atoms with Crippen molar-refractivity contribution in [3.63, 3.8) is 0 Å². The molecular formula is C30H41N3O4. The van der Waals surface area contributed by atoms with Gasteiger partial charge in [-0.1, -0.05) is 30.7 Å². The van der Waals surface area contributed by atoms with Crippen LogP contribution in [-0.2, 0) is 19.5 Å². The number of aliphatic hydroxyl groups is 1. The van der Waals surface area contributed by atoms with E-state index in [2.05, 4.69) is 40.4 Å². The normalized spacial score (nSPS) is 18.4. The van der Waals surface area contributed by atoms with Crippen molar-refractivity contribution in [2.24, 2.45) is 0 Å². The number of benzene rings is 2. The number of hydrogen-bond donors (Lipinski definition) is 1. The third-order valence-electron chi connectivity index (χ3n) is 7.09. The van der Waals surface area contributed by atoms with Crippen LogP contribution in [0.5, 0.6) is 17.2 Å². The van der Waals surface area contributed by atoms with E-state index in [0.29, 0.717) is 19.6 Å². The first-order valence-corrected chi connectivity index (χ1v) is 13.4. The van der Waals surface area contributed by atoms with Crippen LogP contribution in [0.4, 0.5) is 0 Å². The molecule has 7 nitrogen and oxygen atoms in total. The average Bonchev–Trinajstić information content (AvgIpc) is 3.29. The molecule has 0 aliphatic carbocycles. The van der Waals surface area contributed by atoms with Gasteiger partial charge in [0, 0.05) is 38.4 Å². The predicted octanol–water partition coefficient (Wildman–Crippen LogP) is 5.03. The number of ether oxygens (including phenoxy) is 3. The minimum absolute atomic E-state index is 0.324. The summed E-state index contributed by atoms with van der Waals surface area (Å²) < 4.78 is 19.8. The van der Waals surface area contributed by atoms with Crippen molar-refractivity contribution in [1.82, 2.24) is 14.5 Å². The van der Waals surface area contributed by atoms with Crippen molar-refractivity contribution in [3.05, 3.63) is 71.8 Å².